The third-order valence-corrected chi connectivity index (χ3v) is 2.83. The number of nitrogens with one attached hydrogen (secondary N) is 1. The van der Waals surface area contributed by atoms with Crippen LogP contribution < -0.4 is 11.0 Å². The number of hydrogen-bond donors (Lipinski definition) is 1. The normalized spacial score (nSPS) is 10.5. The lowest BCUT2D eigenvalue weighted by Crippen LogP contribution is -2.24. The van der Waals surface area contributed by atoms with Gasteiger partial charge in [-0.3, -0.25) is 4.57 Å². The van der Waals surface area contributed by atoms with Crippen LogP contribution in [0, 0.1) is 6.92 Å². The van der Waals surface area contributed by atoms with Gasteiger partial charge in [-0.25, -0.2) is 4.79 Å². The molecule has 4 nitrogen and oxygen atoms in total. The van der Waals surface area contributed by atoms with Gasteiger partial charge in [0.2, 0.25) is 0 Å². The third-order valence-electron chi connectivity index (χ3n) is 2.83. The lowest BCUT2D eigenvalue weighted by atomic mass is 10.2. The van der Waals surface area contributed by atoms with E-state index >= 15 is 0 Å². The topological polar surface area (TPSA) is 39.0 Å². The monoisotopic (exact) mass is 231 g/mol. The van der Waals surface area contributed by atoms with E-state index in [4.69, 9.17) is 0 Å². The van der Waals surface area contributed by atoms with E-state index in [0.717, 1.165) is 12.2 Å². The molecule has 0 spiro atoms. The SMILES string of the molecule is Cc1ccccc1NCCn1ccn(C)c1=O. The summed E-state index contributed by atoms with van der Waals surface area (Å²) < 4.78 is 3.28. The van der Waals surface area contributed by atoms with E-state index < -0.39 is 0 Å². The maximum atomic E-state index is 11.6. The van der Waals surface area contributed by atoms with Crippen LogP contribution in [0.3, 0.4) is 0 Å². The Kier molecular flexibility index (Phi) is 3.32. The molecule has 0 aliphatic heterocycles. The zero-order valence-corrected chi connectivity index (χ0v) is 10.2. The van der Waals surface area contributed by atoms with Crippen LogP contribution in [0.5, 0.6) is 0 Å². The molecule has 0 saturated heterocycles. The Labute approximate surface area is 101 Å². The Hall–Kier alpha value is -1.97. The molecule has 0 bridgehead atoms. The fourth-order valence-corrected chi connectivity index (χ4v) is 1.76. The summed E-state index contributed by atoms with van der Waals surface area (Å²) in [5.74, 6) is 0. The fourth-order valence-electron chi connectivity index (χ4n) is 1.76. The van der Waals surface area contributed by atoms with Crippen molar-refractivity contribution in [2.24, 2.45) is 7.05 Å². The van der Waals surface area contributed by atoms with Crippen LogP contribution in [0.1, 0.15) is 5.56 Å². The van der Waals surface area contributed by atoms with E-state index in [1.54, 1.807) is 22.4 Å². The quantitative estimate of drug-likeness (QED) is 0.868. The maximum Gasteiger partial charge on any atom is 0.327 e. The van der Waals surface area contributed by atoms with Crippen molar-refractivity contribution in [1.82, 2.24) is 9.13 Å². The number of anilines is 1. The first-order chi connectivity index (χ1) is 8.18. The van der Waals surface area contributed by atoms with E-state index in [1.165, 1.54) is 5.56 Å². The minimum absolute atomic E-state index is 0.0246. The van der Waals surface area contributed by atoms with Crippen LogP contribution in [0.15, 0.2) is 41.5 Å². The average Bonchev–Trinajstić information content (AvgIpc) is 2.63. The molecule has 2 aromatic rings. The van der Waals surface area contributed by atoms with E-state index in [1.807, 2.05) is 24.4 Å². The summed E-state index contributed by atoms with van der Waals surface area (Å²) in [4.78, 5) is 11.6. The van der Waals surface area contributed by atoms with E-state index in [9.17, 15) is 4.79 Å². The Balaban J connectivity index is 1.95. The number of aromatic nitrogens is 2. The molecule has 1 aromatic carbocycles. The smallest absolute Gasteiger partial charge is 0.327 e. The Morgan fingerprint density at radius 1 is 1.24 bits per heavy atom. The first-order valence-corrected chi connectivity index (χ1v) is 5.70. The molecule has 0 atom stereocenters. The molecule has 4 heteroatoms. The molecule has 1 aromatic heterocycles. The van der Waals surface area contributed by atoms with Crippen LogP contribution >= 0.6 is 0 Å². The first kappa shape index (κ1) is 11.5. The molecular weight excluding hydrogens is 214 g/mol. The molecule has 0 unspecified atom stereocenters. The molecule has 0 fully saturated rings. The molecule has 90 valence electrons. The van der Waals surface area contributed by atoms with Crippen LogP contribution in [-0.4, -0.2) is 15.7 Å². The zero-order chi connectivity index (χ0) is 12.3. The molecule has 1 heterocycles. The molecular formula is C13H17N3O. The minimum Gasteiger partial charge on any atom is -0.383 e. The highest BCUT2D eigenvalue weighted by atomic mass is 16.1. The second-order valence-electron chi connectivity index (χ2n) is 4.13. The summed E-state index contributed by atoms with van der Waals surface area (Å²) in [6, 6.07) is 8.13. The maximum absolute atomic E-state index is 11.6. The van der Waals surface area contributed by atoms with Gasteiger partial charge in [0.25, 0.3) is 0 Å². The number of nitrogens with zero attached hydrogens (tertiary/aromatic N) is 2. The Morgan fingerprint density at radius 2 is 2.00 bits per heavy atom. The van der Waals surface area contributed by atoms with Crippen molar-refractivity contribution in [2.45, 2.75) is 13.5 Å². The zero-order valence-electron chi connectivity index (χ0n) is 10.2. The molecule has 0 aliphatic carbocycles. The number of aryl methyl sites for hydroxylation is 2. The van der Waals surface area contributed by atoms with Crippen molar-refractivity contribution in [2.75, 3.05) is 11.9 Å². The van der Waals surface area contributed by atoms with Crippen LogP contribution in [0.2, 0.25) is 0 Å². The predicted octanol–water partition coefficient (Wildman–Crippen LogP) is 1.61. The van der Waals surface area contributed by atoms with Gasteiger partial charge >= 0.3 is 5.69 Å². The minimum atomic E-state index is 0.0246. The van der Waals surface area contributed by atoms with Gasteiger partial charge in [0.1, 0.15) is 0 Å². The third kappa shape index (κ3) is 2.58. The van der Waals surface area contributed by atoms with E-state index in [-0.39, 0.29) is 5.69 Å². The molecule has 0 aliphatic rings. The number of rotatable bonds is 4. The Morgan fingerprint density at radius 3 is 2.65 bits per heavy atom. The van der Waals surface area contributed by atoms with Crippen molar-refractivity contribution in [3.63, 3.8) is 0 Å². The second kappa shape index (κ2) is 4.91. The van der Waals surface area contributed by atoms with Gasteiger partial charge in [-0.2, -0.15) is 0 Å². The second-order valence-corrected chi connectivity index (χ2v) is 4.13. The van der Waals surface area contributed by atoms with Crippen LogP contribution in [-0.2, 0) is 13.6 Å². The van der Waals surface area contributed by atoms with E-state index in [0.29, 0.717) is 6.54 Å². The van der Waals surface area contributed by atoms with Gasteiger partial charge in [-0.1, -0.05) is 18.2 Å². The number of imidazole rings is 1. The molecule has 2 rings (SSSR count). The number of benzene rings is 1. The highest BCUT2D eigenvalue weighted by molar-refractivity contribution is 5.49. The fraction of sp³-hybridized carbons (Fsp3) is 0.308. The van der Waals surface area contributed by atoms with Gasteiger partial charge < -0.3 is 9.88 Å². The van der Waals surface area contributed by atoms with Crippen molar-refractivity contribution in [3.05, 3.63) is 52.7 Å². The van der Waals surface area contributed by atoms with Gasteiger partial charge in [0, 0.05) is 38.2 Å². The summed E-state index contributed by atoms with van der Waals surface area (Å²) in [6.45, 7) is 3.49. The van der Waals surface area contributed by atoms with Crippen molar-refractivity contribution in [1.29, 1.82) is 0 Å². The molecule has 0 saturated carbocycles. The van der Waals surface area contributed by atoms with Crippen molar-refractivity contribution >= 4 is 5.69 Å². The highest BCUT2D eigenvalue weighted by Gasteiger charge is 1.99. The number of hydrogen-bond acceptors (Lipinski definition) is 2. The summed E-state index contributed by atoms with van der Waals surface area (Å²) in [7, 11) is 1.76. The van der Waals surface area contributed by atoms with Gasteiger partial charge in [-0.15, -0.1) is 0 Å². The molecule has 1 N–H and O–H groups in total. The van der Waals surface area contributed by atoms with Crippen LogP contribution in [0.4, 0.5) is 5.69 Å². The van der Waals surface area contributed by atoms with Crippen molar-refractivity contribution in [3.8, 4) is 0 Å². The highest BCUT2D eigenvalue weighted by Crippen LogP contribution is 2.12. The summed E-state index contributed by atoms with van der Waals surface area (Å²) in [5.41, 5.74) is 2.36. The Bertz CT molecular complexity index is 554. The van der Waals surface area contributed by atoms with Gasteiger partial charge in [0.15, 0.2) is 0 Å². The summed E-state index contributed by atoms with van der Waals surface area (Å²) in [6.07, 6.45) is 3.58. The van der Waals surface area contributed by atoms with E-state index in [2.05, 4.69) is 18.3 Å². The average molecular weight is 231 g/mol. The lowest BCUT2D eigenvalue weighted by Gasteiger charge is -2.09. The standard InChI is InChI=1S/C13H17N3O/c1-11-5-3-4-6-12(11)14-7-8-16-10-9-15(2)13(16)17/h3-6,9-10,14H,7-8H2,1-2H3. The number of para-hydroxylation sites is 1. The largest absolute Gasteiger partial charge is 0.383 e. The van der Waals surface area contributed by atoms with Crippen LogP contribution in [0.25, 0.3) is 0 Å². The lowest BCUT2D eigenvalue weighted by molar-refractivity contribution is 0.672. The molecule has 17 heavy (non-hydrogen) atoms. The molecule has 0 amide bonds. The first-order valence-electron chi connectivity index (χ1n) is 5.70. The summed E-state index contributed by atoms with van der Waals surface area (Å²) in [5, 5.41) is 3.33. The molecule has 0 radical (unpaired) electrons. The van der Waals surface area contributed by atoms with Gasteiger partial charge in [0.05, 0.1) is 0 Å². The predicted molar refractivity (Wildman–Crippen MR) is 69.3 cm³/mol. The summed E-state index contributed by atoms with van der Waals surface area (Å²) >= 11 is 0. The van der Waals surface area contributed by atoms with Crippen molar-refractivity contribution < 1.29 is 0 Å². The van der Waals surface area contributed by atoms with Gasteiger partial charge in [-0.05, 0) is 18.6 Å².